The molecule has 0 spiro atoms. The van der Waals surface area contributed by atoms with E-state index < -0.39 is 0 Å². The summed E-state index contributed by atoms with van der Waals surface area (Å²) in [4.78, 5) is 11.2. The minimum absolute atomic E-state index is 0.164. The van der Waals surface area contributed by atoms with Gasteiger partial charge in [-0.05, 0) is 30.2 Å². The molecule has 1 heterocycles. The summed E-state index contributed by atoms with van der Waals surface area (Å²) >= 11 is 0. The molecule has 0 bridgehead atoms. The molecule has 2 aromatic rings. The number of nitrogens with two attached hydrogens (primary N) is 1. The highest BCUT2D eigenvalue weighted by Gasteiger charge is 2.12. The number of nitrogens with zero attached hydrogens (tertiary/aromatic N) is 1. The normalized spacial score (nSPS) is 13.0. The van der Waals surface area contributed by atoms with E-state index in [1.54, 1.807) is 0 Å². The molecule has 4 heteroatoms. The molecule has 0 aliphatic carbocycles. The fraction of sp³-hybridized carbons (Fsp3) is 0.471. The summed E-state index contributed by atoms with van der Waals surface area (Å²) in [6.45, 7) is 8.77. The highest BCUT2D eigenvalue weighted by atomic mass is 16.1. The van der Waals surface area contributed by atoms with Crippen LogP contribution in [0.2, 0.25) is 0 Å². The van der Waals surface area contributed by atoms with E-state index in [2.05, 4.69) is 48.0 Å². The van der Waals surface area contributed by atoms with Crippen molar-refractivity contribution in [3.05, 3.63) is 36.0 Å². The van der Waals surface area contributed by atoms with Gasteiger partial charge in [0, 0.05) is 30.2 Å². The number of primary amides is 1. The van der Waals surface area contributed by atoms with Crippen molar-refractivity contribution in [3.8, 4) is 0 Å². The molecule has 4 nitrogen and oxygen atoms in total. The van der Waals surface area contributed by atoms with Crippen LogP contribution in [0.1, 0.15) is 26.3 Å². The second-order valence-electron chi connectivity index (χ2n) is 6.15. The van der Waals surface area contributed by atoms with Crippen molar-refractivity contribution in [1.29, 1.82) is 0 Å². The number of amides is 1. The van der Waals surface area contributed by atoms with E-state index in [4.69, 9.17) is 5.73 Å². The van der Waals surface area contributed by atoms with Crippen LogP contribution in [-0.4, -0.2) is 17.0 Å². The SMILES string of the molecule is CC(C)CNCc1cccc2c1ccn2CC(C)C(N)=O. The number of hydrogen-bond acceptors (Lipinski definition) is 2. The van der Waals surface area contributed by atoms with Gasteiger partial charge in [0.25, 0.3) is 0 Å². The summed E-state index contributed by atoms with van der Waals surface area (Å²) in [7, 11) is 0. The Bertz CT molecular complexity index is 616. The van der Waals surface area contributed by atoms with Gasteiger partial charge in [-0.15, -0.1) is 0 Å². The van der Waals surface area contributed by atoms with E-state index in [0.29, 0.717) is 12.5 Å². The number of aromatic nitrogens is 1. The standard InChI is InChI=1S/C17H25N3O/c1-12(2)9-19-10-14-5-4-6-16-15(14)7-8-20(16)11-13(3)17(18)21/h4-8,12-13,19H,9-11H2,1-3H3,(H2,18,21). The lowest BCUT2D eigenvalue weighted by atomic mass is 10.1. The van der Waals surface area contributed by atoms with Crippen LogP contribution in [0.25, 0.3) is 10.9 Å². The maximum absolute atomic E-state index is 11.2. The smallest absolute Gasteiger partial charge is 0.222 e. The third-order valence-corrected chi connectivity index (χ3v) is 3.73. The molecule has 1 aromatic carbocycles. The molecular weight excluding hydrogens is 262 g/mol. The van der Waals surface area contributed by atoms with Crippen molar-refractivity contribution < 1.29 is 4.79 Å². The van der Waals surface area contributed by atoms with E-state index in [9.17, 15) is 4.79 Å². The number of carbonyl (C=O) groups excluding carboxylic acids is 1. The number of nitrogens with one attached hydrogen (secondary N) is 1. The Morgan fingerprint density at radius 3 is 2.71 bits per heavy atom. The molecule has 0 aliphatic rings. The molecule has 1 unspecified atom stereocenters. The minimum atomic E-state index is -0.258. The van der Waals surface area contributed by atoms with Crippen molar-refractivity contribution in [2.75, 3.05) is 6.54 Å². The summed E-state index contributed by atoms with van der Waals surface area (Å²) in [5, 5.41) is 4.72. The van der Waals surface area contributed by atoms with Gasteiger partial charge in [0.15, 0.2) is 0 Å². The minimum Gasteiger partial charge on any atom is -0.369 e. The first-order valence-corrected chi connectivity index (χ1v) is 7.55. The maximum atomic E-state index is 11.2. The van der Waals surface area contributed by atoms with Crippen LogP contribution < -0.4 is 11.1 Å². The molecule has 0 fully saturated rings. The summed E-state index contributed by atoms with van der Waals surface area (Å²) in [6, 6.07) is 8.43. The van der Waals surface area contributed by atoms with E-state index in [-0.39, 0.29) is 11.8 Å². The average molecular weight is 287 g/mol. The Hall–Kier alpha value is -1.81. The Labute approximate surface area is 126 Å². The van der Waals surface area contributed by atoms with Gasteiger partial charge < -0.3 is 15.6 Å². The van der Waals surface area contributed by atoms with Crippen LogP contribution in [0.15, 0.2) is 30.5 Å². The lowest BCUT2D eigenvalue weighted by Gasteiger charge is -2.11. The molecule has 0 saturated heterocycles. The van der Waals surface area contributed by atoms with Crippen LogP contribution in [-0.2, 0) is 17.9 Å². The summed E-state index contributed by atoms with van der Waals surface area (Å²) in [6.07, 6.45) is 2.04. The van der Waals surface area contributed by atoms with E-state index >= 15 is 0 Å². The molecule has 0 aliphatic heterocycles. The van der Waals surface area contributed by atoms with Crippen molar-refractivity contribution >= 4 is 16.8 Å². The monoisotopic (exact) mass is 287 g/mol. The number of hydrogen-bond donors (Lipinski definition) is 2. The molecule has 114 valence electrons. The Balaban J connectivity index is 2.18. The molecule has 3 N–H and O–H groups in total. The molecule has 0 saturated carbocycles. The second kappa shape index (κ2) is 6.76. The van der Waals surface area contributed by atoms with Crippen LogP contribution in [0.3, 0.4) is 0 Å². The van der Waals surface area contributed by atoms with Gasteiger partial charge in [-0.25, -0.2) is 0 Å². The molecule has 21 heavy (non-hydrogen) atoms. The maximum Gasteiger partial charge on any atom is 0.222 e. The van der Waals surface area contributed by atoms with Gasteiger partial charge in [-0.1, -0.05) is 32.9 Å². The lowest BCUT2D eigenvalue weighted by molar-refractivity contribution is -0.121. The molecule has 1 atom stereocenters. The summed E-state index contributed by atoms with van der Waals surface area (Å²) in [5.41, 5.74) is 7.81. The highest BCUT2D eigenvalue weighted by molar-refractivity contribution is 5.84. The zero-order valence-corrected chi connectivity index (χ0v) is 13.1. The number of carbonyl (C=O) groups is 1. The van der Waals surface area contributed by atoms with Crippen molar-refractivity contribution in [1.82, 2.24) is 9.88 Å². The molecule has 0 radical (unpaired) electrons. The Morgan fingerprint density at radius 1 is 1.29 bits per heavy atom. The zero-order valence-electron chi connectivity index (χ0n) is 13.1. The van der Waals surface area contributed by atoms with E-state index in [1.807, 2.05) is 13.1 Å². The first-order valence-electron chi connectivity index (χ1n) is 7.55. The van der Waals surface area contributed by atoms with Crippen LogP contribution in [0, 0.1) is 11.8 Å². The number of fused-ring (bicyclic) bond motifs is 1. The summed E-state index contributed by atoms with van der Waals surface area (Å²) < 4.78 is 2.11. The first-order chi connectivity index (χ1) is 9.99. The first kappa shape index (κ1) is 15.6. The fourth-order valence-corrected chi connectivity index (χ4v) is 2.48. The second-order valence-corrected chi connectivity index (χ2v) is 6.15. The predicted molar refractivity (Wildman–Crippen MR) is 86.8 cm³/mol. The van der Waals surface area contributed by atoms with E-state index in [0.717, 1.165) is 18.6 Å². The fourth-order valence-electron chi connectivity index (χ4n) is 2.48. The third-order valence-electron chi connectivity index (χ3n) is 3.73. The van der Waals surface area contributed by atoms with Gasteiger partial charge in [-0.2, -0.15) is 0 Å². The molecule has 1 amide bonds. The highest BCUT2D eigenvalue weighted by Crippen LogP contribution is 2.21. The topological polar surface area (TPSA) is 60.1 Å². The van der Waals surface area contributed by atoms with Crippen LogP contribution >= 0.6 is 0 Å². The van der Waals surface area contributed by atoms with Crippen LogP contribution in [0.5, 0.6) is 0 Å². The Kier molecular flexibility index (Phi) is 5.02. The Morgan fingerprint density at radius 2 is 2.05 bits per heavy atom. The largest absolute Gasteiger partial charge is 0.369 e. The summed E-state index contributed by atoms with van der Waals surface area (Å²) in [5.74, 6) is 0.222. The average Bonchev–Trinajstić information content (AvgIpc) is 2.82. The lowest BCUT2D eigenvalue weighted by Crippen LogP contribution is -2.24. The molecule has 1 aromatic heterocycles. The van der Waals surface area contributed by atoms with Gasteiger partial charge in [-0.3, -0.25) is 4.79 Å². The third kappa shape index (κ3) is 3.85. The number of benzene rings is 1. The van der Waals surface area contributed by atoms with Gasteiger partial charge in [0.1, 0.15) is 0 Å². The van der Waals surface area contributed by atoms with Gasteiger partial charge in [0.05, 0.1) is 5.92 Å². The van der Waals surface area contributed by atoms with Crippen molar-refractivity contribution in [2.45, 2.75) is 33.9 Å². The quantitative estimate of drug-likeness (QED) is 0.822. The number of rotatable bonds is 7. The van der Waals surface area contributed by atoms with Gasteiger partial charge >= 0.3 is 0 Å². The zero-order chi connectivity index (χ0) is 15.4. The predicted octanol–water partition coefficient (Wildman–Crippen LogP) is 2.51. The van der Waals surface area contributed by atoms with Gasteiger partial charge in [0.2, 0.25) is 5.91 Å². The van der Waals surface area contributed by atoms with Crippen molar-refractivity contribution in [2.24, 2.45) is 17.6 Å². The van der Waals surface area contributed by atoms with E-state index in [1.165, 1.54) is 10.9 Å². The van der Waals surface area contributed by atoms with Crippen molar-refractivity contribution in [3.63, 3.8) is 0 Å². The molecular formula is C17H25N3O. The molecule has 2 rings (SSSR count). The van der Waals surface area contributed by atoms with Crippen LogP contribution in [0.4, 0.5) is 0 Å².